The monoisotopic (exact) mass is 270 g/mol. The molecule has 0 heterocycles. The first-order valence-electron chi connectivity index (χ1n) is 5.75. The first kappa shape index (κ1) is 13.3. The van der Waals surface area contributed by atoms with Crippen molar-refractivity contribution in [2.24, 2.45) is 0 Å². The van der Waals surface area contributed by atoms with E-state index in [1.807, 2.05) is 12.1 Å². The number of benzene rings is 2. The Kier molecular flexibility index (Phi) is 4.73. The second-order valence-electron chi connectivity index (χ2n) is 3.75. The minimum absolute atomic E-state index is 0.438. The fourth-order valence-electron chi connectivity index (χ4n) is 1.43. The Balaban J connectivity index is 1.84. The fraction of sp³-hybridized carbons (Fsp3) is 0. The third-order valence-electron chi connectivity index (χ3n) is 2.24. The lowest BCUT2D eigenvalue weighted by molar-refractivity contribution is 0.218. The zero-order valence-electron chi connectivity index (χ0n) is 10.1. The van der Waals surface area contributed by atoms with E-state index in [0.717, 1.165) is 0 Å². The van der Waals surface area contributed by atoms with Crippen LogP contribution in [0.1, 0.15) is 0 Å². The van der Waals surface area contributed by atoms with E-state index in [9.17, 15) is 9.59 Å². The fourth-order valence-corrected chi connectivity index (χ4v) is 2.14. The lowest BCUT2D eigenvalue weighted by atomic mass is 10.3. The third-order valence-corrected chi connectivity index (χ3v) is 3.10. The van der Waals surface area contributed by atoms with E-state index in [2.05, 4.69) is 0 Å². The van der Waals surface area contributed by atoms with Crippen molar-refractivity contribution in [1.29, 1.82) is 0 Å². The number of carbonyl (C=O) groups excluding carboxylic acids is 2. The molecule has 0 N–H and O–H groups in total. The molecule has 5 heteroatoms. The summed E-state index contributed by atoms with van der Waals surface area (Å²) in [4.78, 5) is 22.1. The molecule has 0 fully saturated rings. The van der Waals surface area contributed by atoms with Gasteiger partial charge < -0.3 is 9.47 Å². The molecular formula is C14H11AlO4. The molecule has 0 aliphatic rings. The lowest BCUT2D eigenvalue weighted by Crippen LogP contribution is -2.25. The Morgan fingerprint density at radius 1 is 0.684 bits per heavy atom. The molecule has 2 aromatic rings. The maximum Gasteiger partial charge on any atom is 0.574 e. The molecule has 94 valence electrons. The molecule has 0 atom stereocenters. The molecule has 0 saturated heterocycles. The third kappa shape index (κ3) is 4.59. The molecule has 0 radical (unpaired) electrons. The van der Waals surface area contributed by atoms with Gasteiger partial charge in [-0.1, -0.05) is 36.4 Å². The van der Waals surface area contributed by atoms with Crippen molar-refractivity contribution in [2.75, 3.05) is 0 Å². The quantitative estimate of drug-likeness (QED) is 0.802. The van der Waals surface area contributed by atoms with Crippen molar-refractivity contribution in [1.82, 2.24) is 0 Å². The predicted molar refractivity (Wildman–Crippen MR) is 72.1 cm³/mol. The zero-order valence-corrected chi connectivity index (χ0v) is 11.5. The summed E-state index contributed by atoms with van der Waals surface area (Å²) >= 11 is -1.75. The van der Waals surface area contributed by atoms with E-state index in [0.29, 0.717) is 11.5 Å². The van der Waals surface area contributed by atoms with Gasteiger partial charge in [0.15, 0.2) is 0 Å². The molecular weight excluding hydrogens is 259 g/mol. The summed E-state index contributed by atoms with van der Waals surface area (Å²) in [5.41, 5.74) is 0. The van der Waals surface area contributed by atoms with E-state index in [1.54, 1.807) is 48.5 Å². The van der Waals surface area contributed by atoms with Crippen LogP contribution in [0.3, 0.4) is 0 Å². The van der Waals surface area contributed by atoms with E-state index < -0.39 is 24.9 Å². The average molecular weight is 270 g/mol. The summed E-state index contributed by atoms with van der Waals surface area (Å²) in [6.07, 6.45) is 0. The number of carbonyl (C=O) groups is 2. The minimum Gasteiger partial charge on any atom is -0.442 e. The summed E-state index contributed by atoms with van der Waals surface area (Å²) in [7, 11) is 0. The summed E-state index contributed by atoms with van der Waals surface area (Å²) in [6.45, 7) is 0. The highest BCUT2D eigenvalue weighted by Gasteiger charge is 2.20. The number of ether oxygens (including phenoxy) is 2. The highest BCUT2D eigenvalue weighted by molar-refractivity contribution is 6.95. The van der Waals surface area contributed by atoms with Crippen LogP contribution in [-0.4, -0.2) is 24.9 Å². The van der Waals surface area contributed by atoms with Crippen molar-refractivity contribution in [2.45, 2.75) is 0 Å². The van der Waals surface area contributed by atoms with Crippen LogP contribution in [0.4, 0.5) is 9.59 Å². The maximum atomic E-state index is 11.6. The average Bonchev–Trinajstić information content (AvgIpc) is 2.40. The van der Waals surface area contributed by atoms with Crippen LogP contribution >= 0.6 is 0 Å². The second kappa shape index (κ2) is 6.74. The van der Waals surface area contributed by atoms with Crippen LogP contribution in [-0.2, 0) is 0 Å². The van der Waals surface area contributed by atoms with Crippen LogP contribution in [0, 0.1) is 0 Å². The molecule has 4 nitrogen and oxygen atoms in total. The van der Waals surface area contributed by atoms with Gasteiger partial charge in [-0.05, 0) is 24.3 Å². The van der Waals surface area contributed by atoms with Crippen molar-refractivity contribution in [3.8, 4) is 11.5 Å². The number of hydrogen-bond acceptors (Lipinski definition) is 4. The first-order chi connectivity index (χ1) is 9.24. The van der Waals surface area contributed by atoms with Gasteiger partial charge in [-0.15, -0.1) is 0 Å². The number of hydrogen-bond donors (Lipinski definition) is 0. The van der Waals surface area contributed by atoms with E-state index in [1.165, 1.54) is 0 Å². The van der Waals surface area contributed by atoms with Crippen LogP contribution in [0.5, 0.6) is 11.5 Å². The number of para-hydroxylation sites is 2. The largest absolute Gasteiger partial charge is 0.574 e. The van der Waals surface area contributed by atoms with Crippen molar-refractivity contribution in [3.63, 3.8) is 0 Å². The Hall–Kier alpha value is -2.09. The van der Waals surface area contributed by atoms with Crippen LogP contribution in [0.2, 0.25) is 0 Å². The predicted octanol–water partition coefficient (Wildman–Crippen LogP) is 2.82. The molecule has 0 aliphatic heterocycles. The lowest BCUT2D eigenvalue weighted by Gasteiger charge is -2.04. The van der Waals surface area contributed by atoms with Crippen molar-refractivity contribution in [3.05, 3.63) is 60.7 Å². The summed E-state index contributed by atoms with van der Waals surface area (Å²) < 4.78 is 10.1. The van der Waals surface area contributed by atoms with Gasteiger partial charge in [0.1, 0.15) is 11.5 Å². The Labute approximate surface area is 116 Å². The molecule has 0 saturated carbocycles. The smallest absolute Gasteiger partial charge is 0.442 e. The Morgan fingerprint density at radius 3 is 1.42 bits per heavy atom. The number of rotatable bonds is 4. The van der Waals surface area contributed by atoms with Gasteiger partial charge in [-0.3, -0.25) is 9.59 Å². The van der Waals surface area contributed by atoms with E-state index in [4.69, 9.17) is 9.47 Å². The second-order valence-corrected chi connectivity index (χ2v) is 5.26. The maximum absolute atomic E-state index is 11.6. The molecule has 2 rings (SSSR count). The van der Waals surface area contributed by atoms with Crippen LogP contribution < -0.4 is 9.47 Å². The molecule has 0 aromatic heterocycles. The molecule has 19 heavy (non-hydrogen) atoms. The van der Waals surface area contributed by atoms with Crippen molar-refractivity contribution >= 4 is 24.9 Å². The summed E-state index contributed by atoms with van der Waals surface area (Å²) in [5, 5.41) is 0. The summed E-state index contributed by atoms with van der Waals surface area (Å²) in [6, 6.07) is 17.3. The first-order valence-corrected chi connectivity index (χ1v) is 7.17. The van der Waals surface area contributed by atoms with Gasteiger partial charge in [0, 0.05) is 0 Å². The molecule has 0 bridgehead atoms. The topological polar surface area (TPSA) is 52.6 Å². The molecule has 0 unspecified atom stereocenters. The standard InChI is InChI=1S/2C7H5O2.Al.H/c2*8-6-9-7-4-2-1-3-5-7;;/h2*1-5H;;. The molecule has 0 spiro atoms. The highest BCUT2D eigenvalue weighted by Crippen LogP contribution is 2.10. The normalized spacial score (nSPS) is 9.47. The molecule has 2 aromatic carbocycles. The van der Waals surface area contributed by atoms with Gasteiger partial charge in [0.25, 0.3) is 0 Å². The molecule has 0 aliphatic carbocycles. The molecule has 0 amide bonds. The van der Waals surface area contributed by atoms with Gasteiger partial charge in [0.05, 0.1) is 0 Å². The van der Waals surface area contributed by atoms with Gasteiger partial charge in [0.2, 0.25) is 9.66 Å². The zero-order chi connectivity index (χ0) is 13.5. The van der Waals surface area contributed by atoms with Crippen molar-refractivity contribution < 1.29 is 19.1 Å². The van der Waals surface area contributed by atoms with Gasteiger partial charge in [-0.25, -0.2) is 0 Å². The van der Waals surface area contributed by atoms with Gasteiger partial charge in [-0.2, -0.15) is 0 Å². The summed E-state index contributed by atoms with van der Waals surface area (Å²) in [5.74, 6) is 0.875. The van der Waals surface area contributed by atoms with Gasteiger partial charge >= 0.3 is 15.2 Å². The van der Waals surface area contributed by atoms with E-state index in [-0.39, 0.29) is 0 Å². The Bertz CT molecular complexity index is 503. The SMILES string of the molecule is O=[C](Oc1ccccc1)[AlH][C](=O)Oc1ccccc1. The van der Waals surface area contributed by atoms with Crippen LogP contribution in [0.25, 0.3) is 0 Å². The highest BCUT2D eigenvalue weighted by atomic mass is 27.1. The minimum atomic E-state index is -1.75. The van der Waals surface area contributed by atoms with E-state index >= 15 is 0 Å². The Morgan fingerprint density at radius 2 is 1.05 bits per heavy atom. The van der Waals surface area contributed by atoms with Crippen LogP contribution in [0.15, 0.2) is 60.7 Å².